The minimum absolute atomic E-state index is 0.00430. The van der Waals surface area contributed by atoms with Crippen molar-refractivity contribution in [1.29, 1.82) is 0 Å². The smallest absolute Gasteiger partial charge is 0.319 e. The van der Waals surface area contributed by atoms with Gasteiger partial charge in [0.05, 0.1) is 12.6 Å². The third kappa shape index (κ3) is 5.07. The van der Waals surface area contributed by atoms with E-state index < -0.39 is 18.4 Å². The van der Waals surface area contributed by atoms with Gasteiger partial charge in [-0.1, -0.05) is 0 Å². The fourth-order valence-electron chi connectivity index (χ4n) is 5.34. The lowest BCUT2D eigenvalue weighted by molar-refractivity contribution is 0.0119. The molecule has 3 aliphatic rings. The summed E-state index contributed by atoms with van der Waals surface area (Å²) in [6, 6.07) is 5.59. The van der Waals surface area contributed by atoms with Gasteiger partial charge < -0.3 is 19.3 Å². The highest BCUT2D eigenvalue weighted by Crippen LogP contribution is 2.33. The largest absolute Gasteiger partial charge is 0.461 e. The number of likely N-dealkylation sites (tertiary alicyclic amines) is 1. The Labute approximate surface area is 212 Å². The van der Waals surface area contributed by atoms with Crippen molar-refractivity contribution < 1.29 is 23.0 Å². The number of fused-ring (bicyclic) bond motifs is 1. The summed E-state index contributed by atoms with van der Waals surface area (Å²) in [5.41, 5.74) is 1.86. The van der Waals surface area contributed by atoms with Crippen molar-refractivity contribution in [1.82, 2.24) is 30.0 Å². The number of pyridine rings is 1. The van der Waals surface area contributed by atoms with Crippen molar-refractivity contribution in [3.63, 3.8) is 0 Å². The van der Waals surface area contributed by atoms with Crippen molar-refractivity contribution in [2.45, 2.75) is 50.0 Å². The maximum atomic E-state index is 13.8. The van der Waals surface area contributed by atoms with E-state index in [0.717, 1.165) is 41.7 Å². The van der Waals surface area contributed by atoms with E-state index in [0.29, 0.717) is 31.2 Å². The number of H-pyrrole nitrogens is 1. The van der Waals surface area contributed by atoms with E-state index in [1.165, 1.54) is 0 Å². The van der Waals surface area contributed by atoms with Crippen LogP contribution < -0.4 is 9.64 Å². The highest BCUT2D eigenvalue weighted by molar-refractivity contribution is 5.93. The molecule has 10 nitrogen and oxygen atoms in total. The molecule has 0 radical (unpaired) electrons. The predicted molar refractivity (Wildman–Crippen MR) is 130 cm³/mol. The summed E-state index contributed by atoms with van der Waals surface area (Å²) >= 11 is 0. The number of anilines is 1. The number of alkyl halides is 2. The zero-order valence-electron chi connectivity index (χ0n) is 20.4. The number of ether oxygens (including phenoxy) is 2. The second-order valence-corrected chi connectivity index (χ2v) is 9.95. The van der Waals surface area contributed by atoms with Crippen LogP contribution in [-0.4, -0.2) is 87.4 Å². The molecule has 6 heterocycles. The number of rotatable bonds is 6. The molecular weight excluding hydrogens is 484 g/mol. The van der Waals surface area contributed by atoms with Crippen molar-refractivity contribution in [2.75, 3.05) is 44.3 Å². The molecule has 3 saturated heterocycles. The molecule has 3 fully saturated rings. The first-order valence-corrected chi connectivity index (χ1v) is 12.8. The van der Waals surface area contributed by atoms with E-state index in [1.807, 2.05) is 12.1 Å². The number of aromatic amines is 1. The first-order chi connectivity index (χ1) is 17.9. The first kappa shape index (κ1) is 24.0. The summed E-state index contributed by atoms with van der Waals surface area (Å²) in [5, 5.41) is 8.51. The van der Waals surface area contributed by atoms with Crippen LogP contribution in [0.15, 0.2) is 24.4 Å². The molecule has 1 atom stereocenters. The topological polar surface area (TPSA) is 109 Å². The number of piperidine rings is 1. The Kier molecular flexibility index (Phi) is 6.35. The van der Waals surface area contributed by atoms with Crippen LogP contribution in [0.2, 0.25) is 0 Å². The van der Waals surface area contributed by atoms with Gasteiger partial charge in [-0.3, -0.25) is 9.89 Å². The second kappa shape index (κ2) is 9.81. The van der Waals surface area contributed by atoms with Gasteiger partial charge in [0.25, 0.3) is 11.8 Å². The lowest BCUT2D eigenvalue weighted by Crippen LogP contribution is -2.35. The molecule has 0 unspecified atom stereocenters. The Morgan fingerprint density at radius 3 is 2.84 bits per heavy atom. The van der Waals surface area contributed by atoms with Crippen LogP contribution in [0.25, 0.3) is 11.0 Å². The minimum Gasteiger partial charge on any atom is -0.461 e. The molecule has 3 aromatic rings. The molecule has 0 aromatic carbocycles. The standard InChI is InChI=1S/C25H29F2N7O3/c26-25(27)7-11-34(15-25)23(35)19-13-20(30-24(29-19)37-14-17-3-2-12-36-17)33-9-5-16(6-10-33)21-18-4-1-8-28-22(18)32-31-21/h1,4,8,13,16-17H,2-3,5-7,9-12,14-15H2,(H,28,31,32)/t17-/m1/s1. The molecule has 6 rings (SSSR count). The number of halogens is 2. The molecule has 196 valence electrons. The Hall–Kier alpha value is -3.41. The Bertz CT molecular complexity index is 1270. The van der Waals surface area contributed by atoms with Crippen LogP contribution in [0.3, 0.4) is 0 Å². The Balaban J connectivity index is 1.20. The molecule has 37 heavy (non-hydrogen) atoms. The zero-order valence-corrected chi connectivity index (χ0v) is 20.4. The van der Waals surface area contributed by atoms with Crippen LogP contribution >= 0.6 is 0 Å². The number of amides is 1. The number of hydrogen-bond donors (Lipinski definition) is 1. The second-order valence-electron chi connectivity index (χ2n) is 9.95. The van der Waals surface area contributed by atoms with Gasteiger partial charge >= 0.3 is 6.01 Å². The van der Waals surface area contributed by atoms with Gasteiger partial charge in [0, 0.05) is 61.9 Å². The van der Waals surface area contributed by atoms with Gasteiger partial charge in [0.2, 0.25) is 0 Å². The van der Waals surface area contributed by atoms with Crippen LogP contribution in [0, 0.1) is 0 Å². The first-order valence-electron chi connectivity index (χ1n) is 12.8. The van der Waals surface area contributed by atoms with Crippen molar-refractivity contribution in [3.05, 3.63) is 35.8 Å². The molecule has 0 saturated carbocycles. The van der Waals surface area contributed by atoms with Gasteiger partial charge in [-0.2, -0.15) is 15.1 Å². The molecule has 1 amide bonds. The van der Waals surface area contributed by atoms with E-state index in [1.54, 1.807) is 12.3 Å². The summed E-state index contributed by atoms with van der Waals surface area (Å²) in [7, 11) is 0. The highest BCUT2D eigenvalue weighted by Gasteiger charge is 2.41. The van der Waals surface area contributed by atoms with Gasteiger partial charge in [-0.05, 0) is 37.8 Å². The number of nitrogens with zero attached hydrogens (tertiary/aromatic N) is 6. The molecule has 1 N–H and O–H groups in total. The van der Waals surface area contributed by atoms with Gasteiger partial charge in [0.15, 0.2) is 5.65 Å². The van der Waals surface area contributed by atoms with E-state index in [2.05, 4.69) is 30.0 Å². The fraction of sp³-hybridized carbons (Fsp3) is 0.560. The van der Waals surface area contributed by atoms with E-state index in [-0.39, 0.29) is 43.3 Å². The molecule has 0 spiro atoms. The summed E-state index contributed by atoms with van der Waals surface area (Å²) in [6.07, 6.45) is 4.90. The van der Waals surface area contributed by atoms with Crippen LogP contribution in [0.5, 0.6) is 6.01 Å². The van der Waals surface area contributed by atoms with E-state index >= 15 is 0 Å². The van der Waals surface area contributed by atoms with Gasteiger partial charge in [-0.15, -0.1) is 0 Å². The summed E-state index contributed by atoms with van der Waals surface area (Å²) in [5.74, 6) is -2.57. The maximum Gasteiger partial charge on any atom is 0.319 e. The molecule has 0 aliphatic carbocycles. The van der Waals surface area contributed by atoms with E-state index in [9.17, 15) is 13.6 Å². The SMILES string of the molecule is O=C(c1cc(N2CCC(c3[nH]nc4ncccc34)CC2)nc(OC[C@H]2CCCO2)n1)N1CCC(F)(F)C1. The van der Waals surface area contributed by atoms with Crippen LogP contribution in [0.4, 0.5) is 14.6 Å². The molecule has 3 aromatic heterocycles. The van der Waals surface area contributed by atoms with E-state index in [4.69, 9.17) is 9.47 Å². The quantitative estimate of drug-likeness (QED) is 0.535. The van der Waals surface area contributed by atoms with Crippen molar-refractivity contribution in [2.24, 2.45) is 0 Å². The lowest BCUT2D eigenvalue weighted by Gasteiger charge is -2.32. The lowest BCUT2D eigenvalue weighted by atomic mass is 9.92. The van der Waals surface area contributed by atoms with Gasteiger partial charge in [0.1, 0.15) is 18.1 Å². The third-order valence-corrected chi connectivity index (χ3v) is 7.38. The Morgan fingerprint density at radius 2 is 2.08 bits per heavy atom. The number of carbonyl (C=O) groups excluding carboxylic acids is 1. The number of hydrogen-bond acceptors (Lipinski definition) is 8. The van der Waals surface area contributed by atoms with Crippen molar-refractivity contribution in [3.8, 4) is 6.01 Å². The molecule has 3 aliphatic heterocycles. The monoisotopic (exact) mass is 513 g/mol. The maximum absolute atomic E-state index is 13.8. The zero-order chi connectivity index (χ0) is 25.4. The number of nitrogens with one attached hydrogen (secondary N) is 1. The molecule has 12 heteroatoms. The van der Waals surface area contributed by atoms with Gasteiger partial charge in [-0.25, -0.2) is 13.8 Å². The minimum atomic E-state index is -2.88. The average Bonchev–Trinajstić information content (AvgIpc) is 3.67. The van der Waals surface area contributed by atoms with Crippen LogP contribution in [0.1, 0.15) is 54.2 Å². The normalized spacial score (nSPS) is 22.2. The summed E-state index contributed by atoms with van der Waals surface area (Å²) in [6.45, 7) is 1.76. The molecular formula is C25H29F2N7O3. The summed E-state index contributed by atoms with van der Waals surface area (Å²) < 4.78 is 39.0. The molecule has 0 bridgehead atoms. The summed E-state index contributed by atoms with van der Waals surface area (Å²) in [4.78, 5) is 29.5. The average molecular weight is 514 g/mol. The number of carbonyl (C=O) groups is 1. The van der Waals surface area contributed by atoms with Crippen LogP contribution in [-0.2, 0) is 4.74 Å². The number of aromatic nitrogens is 5. The highest BCUT2D eigenvalue weighted by atomic mass is 19.3. The van der Waals surface area contributed by atoms with Crippen molar-refractivity contribution >= 4 is 22.8 Å². The predicted octanol–water partition coefficient (Wildman–Crippen LogP) is 3.17. The Morgan fingerprint density at radius 1 is 1.22 bits per heavy atom. The fourth-order valence-corrected chi connectivity index (χ4v) is 5.34. The third-order valence-electron chi connectivity index (χ3n) is 7.38.